The summed E-state index contributed by atoms with van der Waals surface area (Å²) in [5.74, 6) is -1.07. The molecule has 0 aliphatic heterocycles. The van der Waals surface area contributed by atoms with Crippen LogP contribution in [0.2, 0.25) is 0 Å². The summed E-state index contributed by atoms with van der Waals surface area (Å²) < 4.78 is 38.1. The highest BCUT2D eigenvalue weighted by Crippen LogP contribution is 2.32. The third-order valence-corrected chi connectivity index (χ3v) is 3.99. The number of benzene rings is 3. The number of carboxylic acids is 1. The van der Waals surface area contributed by atoms with Crippen molar-refractivity contribution in [2.75, 3.05) is 11.1 Å². The number of aromatic carboxylic acids is 1. The number of carboxylic acid groups (broad SMARTS) is 1. The van der Waals surface area contributed by atoms with E-state index in [0.717, 1.165) is 12.1 Å². The van der Waals surface area contributed by atoms with Gasteiger partial charge in [-0.15, -0.1) is 0 Å². The summed E-state index contributed by atoms with van der Waals surface area (Å²) in [5, 5.41) is 12.1. The fourth-order valence-electron chi connectivity index (χ4n) is 2.58. The van der Waals surface area contributed by atoms with Crippen LogP contribution in [-0.4, -0.2) is 11.1 Å². The van der Waals surface area contributed by atoms with Crippen LogP contribution in [0.25, 0.3) is 11.1 Å². The van der Waals surface area contributed by atoms with E-state index in [0.29, 0.717) is 28.2 Å². The van der Waals surface area contributed by atoms with E-state index in [9.17, 15) is 18.0 Å². The zero-order chi connectivity index (χ0) is 19.6. The molecule has 0 bridgehead atoms. The SMILES string of the molecule is Nc1ccc(C(=O)O)cc1Nc1cccc(-c2ccc(C(F)(F)F)cc2)c1. The zero-order valence-electron chi connectivity index (χ0n) is 13.9. The molecule has 0 fully saturated rings. The molecule has 138 valence electrons. The molecule has 3 rings (SSSR count). The first-order valence-corrected chi connectivity index (χ1v) is 7.91. The maximum Gasteiger partial charge on any atom is 0.416 e. The van der Waals surface area contributed by atoms with E-state index in [1.165, 1.54) is 30.3 Å². The first kappa shape index (κ1) is 18.3. The Balaban J connectivity index is 1.88. The van der Waals surface area contributed by atoms with E-state index >= 15 is 0 Å². The summed E-state index contributed by atoms with van der Waals surface area (Å²) in [6.45, 7) is 0. The van der Waals surface area contributed by atoms with Crippen molar-refractivity contribution in [3.8, 4) is 11.1 Å². The number of rotatable bonds is 4. The van der Waals surface area contributed by atoms with Gasteiger partial charge in [-0.2, -0.15) is 13.2 Å². The van der Waals surface area contributed by atoms with Gasteiger partial charge in [-0.3, -0.25) is 0 Å². The maximum absolute atomic E-state index is 12.7. The highest BCUT2D eigenvalue weighted by molar-refractivity contribution is 5.91. The van der Waals surface area contributed by atoms with Gasteiger partial charge in [0.15, 0.2) is 0 Å². The summed E-state index contributed by atoms with van der Waals surface area (Å²) in [4.78, 5) is 11.1. The van der Waals surface area contributed by atoms with Gasteiger partial charge in [-0.1, -0.05) is 24.3 Å². The average Bonchev–Trinajstić information content (AvgIpc) is 2.63. The smallest absolute Gasteiger partial charge is 0.416 e. The molecule has 0 radical (unpaired) electrons. The fourth-order valence-corrected chi connectivity index (χ4v) is 2.58. The van der Waals surface area contributed by atoms with Crippen molar-refractivity contribution in [3.05, 3.63) is 77.9 Å². The Hall–Kier alpha value is -3.48. The molecule has 0 saturated heterocycles. The molecule has 0 spiro atoms. The second-order valence-electron chi connectivity index (χ2n) is 5.89. The number of halogens is 3. The minimum absolute atomic E-state index is 0.0885. The van der Waals surface area contributed by atoms with E-state index in [1.54, 1.807) is 24.3 Å². The van der Waals surface area contributed by atoms with Crippen LogP contribution >= 0.6 is 0 Å². The number of hydrogen-bond donors (Lipinski definition) is 3. The molecule has 0 saturated carbocycles. The Morgan fingerprint density at radius 1 is 0.926 bits per heavy atom. The Labute approximate surface area is 153 Å². The van der Waals surface area contributed by atoms with Gasteiger partial charge in [0.2, 0.25) is 0 Å². The number of anilines is 3. The molecule has 0 amide bonds. The average molecular weight is 372 g/mol. The van der Waals surface area contributed by atoms with E-state index in [1.807, 2.05) is 0 Å². The molecular formula is C20H15F3N2O2. The van der Waals surface area contributed by atoms with Gasteiger partial charge in [0, 0.05) is 5.69 Å². The quantitative estimate of drug-likeness (QED) is 0.536. The summed E-state index contributed by atoms with van der Waals surface area (Å²) in [5.41, 5.74) is 8.03. The molecule has 3 aromatic rings. The summed E-state index contributed by atoms with van der Waals surface area (Å²) in [7, 11) is 0. The summed E-state index contributed by atoms with van der Waals surface area (Å²) >= 11 is 0. The topological polar surface area (TPSA) is 75.4 Å². The van der Waals surface area contributed by atoms with Gasteiger partial charge >= 0.3 is 12.1 Å². The monoisotopic (exact) mass is 372 g/mol. The third-order valence-electron chi connectivity index (χ3n) is 3.99. The van der Waals surface area contributed by atoms with Crippen molar-refractivity contribution in [2.45, 2.75) is 6.18 Å². The van der Waals surface area contributed by atoms with Gasteiger partial charge in [0.25, 0.3) is 0 Å². The van der Waals surface area contributed by atoms with Crippen molar-refractivity contribution in [1.29, 1.82) is 0 Å². The first-order chi connectivity index (χ1) is 12.7. The van der Waals surface area contributed by atoms with E-state index in [4.69, 9.17) is 10.8 Å². The van der Waals surface area contributed by atoms with Gasteiger partial charge in [0.1, 0.15) is 0 Å². The maximum atomic E-state index is 12.7. The third kappa shape index (κ3) is 4.20. The van der Waals surface area contributed by atoms with E-state index in [2.05, 4.69) is 5.32 Å². The van der Waals surface area contributed by atoms with Crippen LogP contribution in [0.15, 0.2) is 66.7 Å². The van der Waals surface area contributed by atoms with Crippen molar-refractivity contribution in [2.24, 2.45) is 0 Å². The molecular weight excluding hydrogens is 357 g/mol. The van der Waals surface area contributed by atoms with Gasteiger partial charge in [0.05, 0.1) is 22.5 Å². The minimum Gasteiger partial charge on any atom is -0.478 e. The van der Waals surface area contributed by atoms with Crippen LogP contribution < -0.4 is 11.1 Å². The van der Waals surface area contributed by atoms with Crippen LogP contribution in [0.4, 0.5) is 30.2 Å². The van der Waals surface area contributed by atoms with Gasteiger partial charge in [-0.25, -0.2) is 4.79 Å². The Bertz CT molecular complexity index is 983. The summed E-state index contributed by atoms with van der Waals surface area (Å²) in [6.07, 6.45) is -4.38. The lowest BCUT2D eigenvalue weighted by molar-refractivity contribution is -0.137. The van der Waals surface area contributed by atoms with Crippen LogP contribution in [0.1, 0.15) is 15.9 Å². The first-order valence-electron chi connectivity index (χ1n) is 7.91. The molecule has 3 aromatic carbocycles. The zero-order valence-corrected chi connectivity index (χ0v) is 13.9. The number of carbonyl (C=O) groups is 1. The molecule has 0 aliphatic carbocycles. The highest BCUT2D eigenvalue weighted by atomic mass is 19.4. The second-order valence-corrected chi connectivity index (χ2v) is 5.89. The van der Waals surface area contributed by atoms with Crippen LogP contribution in [0.3, 0.4) is 0 Å². The standard InChI is InChI=1S/C20H15F3N2O2/c21-20(22,23)15-7-4-12(5-8-15)13-2-1-3-16(10-13)25-18-11-14(19(26)27)6-9-17(18)24/h1-11,25H,24H2,(H,26,27). The van der Waals surface area contributed by atoms with Crippen LogP contribution in [-0.2, 0) is 6.18 Å². The molecule has 27 heavy (non-hydrogen) atoms. The lowest BCUT2D eigenvalue weighted by Crippen LogP contribution is -2.04. The highest BCUT2D eigenvalue weighted by Gasteiger charge is 2.29. The largest absolute Gasteiger partial charge is 0.478 e. The molecule has 0 heterocycles. The van der Waals surface area contributed by atoms with Crippen molar-refractivity contribution in [1.82, 2.24) is 0 Å². The van der Waals surface area contributed by atoms with Crippen molar-refractivity contribution in [3.63, 3.8) is 0 Å². The molecule has 4 N–H and O–H groups in total. The molecule has 0 atom stereocenters. The normalized spacial score (nSPS) is 11.2. The molecule has 0 aliphatic rings. The Morgan fingerprint density at radius 2 is 1.63 bits per heavy atom. The van der Waals surface area contributed by atoms with Crippen molar-refractivity contribution < 1.29 is 23.1 Å². The Morgan fingerprint density at radius 3 is 2.26 bits per heavy atom. The predicted octanol–water partition coefficient (Wildman–Crippen LogP) is 5.40. The Kier molecular flexibility index (Phi) is 4.77. The number of nitrogens with two attached hydrogens (primary N) is 1. The molecule has 4 nitrogen and oxygen atoms in total. The lowest BCUT2D eigenvalue weighted by Gasteiger charge is -2.12. The lowest BCUT2D eigenvalue weighted by atomic mass is 10.0. The van der Waals surface area contributed by atoms with Crippen molar-refractivity contribution >= 4 is 23.0 Å². The summed E-state index contributed by atoms with van der Waals surface area (Å²) in [6, 6.07) is 16.2. The number of alkyl halides is 3. The molecule has 7 heteroatoms. The number of nitrogens with one attached hydrogen (secondary N) is 1. The van der Waals surface area contributed by atoms with Gasteiger partial charge in [-0.05, 0) is 53.6 Å². The van der Waals surface area contributed by atoms with Crippen LogP contribution in [0.5, 0.6) is 0 Å². The fraction of sp³-hybridized carbons (Fsp3) is 0.0500. The van der Waals surface area contributed by atoms with Gasteiger partial charge < -0.3 is 16.2 Å². The predicted molar refractivity (Wildman–Crippen MR) is 98.0 cm³/mol. The number of hydrogen-bond acceptors (Lipinski definition) is 3. The van der Waals surface area contributed by atoms with Crippen LogP contribution in [0, 0.1) is 0 Å². The van der Waals surface area contributed by atoms with E-state index < -0.39 is 17.7 Å². The second kappa shape index (κ2) is 7.03. The molecule has 0 unspecified atom stereocenters. The van der Waals surface area contributed by atoms with E-state index in [-0.39, 0.29) is 5.56 Å². The minimum atomic E-state index is -4.38. The molecule has 0 aromatic heterocycles. The number of nitrogen functional groups attached to an aromatic ring is 1.